The van der Waals surface area contributed by atoms with Gasteiger partial charge in [-0.2, -0.15) is 5.26 Å². The van der Waals surface area contributed by atoms with Gasteiger partial charge in [-0.05, 0) is 26.7 Å². The quantitative estimate of drug-likeness (QED) is 0.766. The lowest BCUT2D eigenvalue weighted by atomic mass is 9.87. The molecule has 0 aromatic heterocycles. The van der Waals surface area contributed by atoms with Crippen molar-refractivity contribution in [2.24, 2.45) is 5.41 Å². The molecule has 1 aliphatic heterocycles. The third kappa shape index (κ3) is 3.02. The molecular weight excluding hydrogens is 226 g/mol. The van der Waals surface area contributed by atoms with Gasteiger partial charge < -0.3 is 4.90 Å². The van der Waals surface area contributed by atoms with Crippen LogP contribution in [0.25, 0.3) is 0 Å². The van der Waals surface area contributed by atoms with Gasteiger partial charge in [-0.25, -0.2) is 0 Å². The number of carbonyl (C=O) groups excluding carboxylic acids is 1. The van der Waals surface area contributed by atoms with Crippen molar-refractivity contribution >= 4 is 5.91 Å². The summed E-state index contributed by atoms with van der Waals surface area (Å²) in [6.45, 7) is 11.4. The predicted octanol–water partition coefficient (Wildman–Crippen LogP) is 1.87. The first-order valence-electron chi connectivity index (χ1n) is 6.93. The van der Waals surface area contributed by atoms with Crippen LogP contribution in [0.2, 0.25) is 0 Å². The smallest absolute Gasteiger partial charge is 0.242 e. The lowest BCUT2D eigenvalue weighted by Gasteiger charge is -2.39. The first-order chi connectivity index (χ1) is 8.48. The zero-order valence-corrected chi connectivity index (χ0v) is 12.1. The van der Waals surface area contributed by atoms with Crippen LogP contribution in [-0.2, 0) is 4.79 Å². The van der Waals surface area contributed by atoms with Gasteiger partial charge in [0.1, 0.15) is 5.41 Å². The molecule has 0 bridgehead atoms. The van der Waals surface area contributed by atoms with Crippen molar-refractivity contribution in [1.82, 2.24) is 9.80 Å². The molecule has 0 N–H and O–H groups in total. The highest BCUT2D eigenvalue weighted by Crippen LogP contribution is 2.24. The number of amides is 1. The summed E-state index contributed by atoms with van der Waals surface area (Å²) in [6, 6.07) is 2.74. The van der Waals surface area contributed by atoms with Gasteiger partial charge in [-0.3, -0.25) is 9.69 Å². The third-order valence-corrected chi connectivity index (χ3v) is 4.24. The third-order valence-electron chi connectivity index (χ3n) is 4.24. The Morgan fingerprint density at radius 3 is 2.28 bits per heavy atom. The Morgan fingerprint density at radius 1 is 1.33 bits per heavy atom. The predicted molar refractivity (Wildman–Crippen MR) is 71.9 cm³/mol. The summed E-state index contributed by atoms with van der Waals surface area (Å²) in [5.74, 6) is -0.00342. The number of carbonyl (C=O) groups is 1. The lowest BCUT2D eigenvalue weighted by molar-refractivity contribution is -0.140. The van der Waals surface area contributed by atoms with E-state index >= 15 is 0 Å². The van der Waals surface area contributed by atoms with E-state index in [1.165, 1.54) is 0 Å². The van der Waals surface area contributed by atoms with E-state index in [1.807, 2.05) is 11.8 Å². The maximum Gasteiger partial charge on any atom is 0.242 e. The fourth-order valence-corrected chi connectivity index (χ4v) is 2.25. The average molecular weight is 251 g/mol. The molecule has 0 aromatic rings. The Morgan fingerprint density at radius 2 is 1.89 bits per heavy atom. The van der Waals surface area contributed by atoms with Crippen LogP contribution >= 0.6 is 0 Å². The zero-order valence-electron chi connectivity index (χ0n) is 12.1. The van der Waals surface area contributed by atoms with Crippen molar-refractivity contribution in [3.8, 4) is 6.07 Å². The molecule has 2 unspecified atom stereocenters. The van der Waals surface area contributed by atoms with Gasteiger partial charge >= 0.3 is 0 Å². The normalized spacial score (nSPS) is 22.1. The summed E-state index contributed by atoms with van der Waals surface area (Å²) in [5.41, 5.74) is -0.849. The first-order valence-corrected chi connectivity index (χ1v) is 6.93. The van der Waals surface area contributed by atoms with E-state index in [2.05, 4.69) is 24.8 Å². The van der Waals surface area contributed by atoms with E-state index in [-0.39, 0.29) is 5.91 Å². The minimum atomic E-state index is -0.849. The molecule has 4 heteroatoms. The standard InChI is InChI=1S/C14H25N3O/c1-5-12(3)16-7-9-17(10-8-16)13(18)14(4,6-2)11-15/h12H,5-10H2,1-4H3. The van der Waals surface area contributed by atoms with E-state index in [1.54, 1.807) is 6.92 Å². The maximum absolute atomic E-state index is 12.3. The van der Waals surface area contributed by atoms with Crippen LogP contribution in [0.4, 0.5) is 0 Å². The molecule has 1 amide bonds. The molecule has 0 aliphatic carbocycles. The largest absolute Gasteiger partial charge is 0.339 e. The summed E-state index contributed by atoms with van der Waals surface area (Å²) >= 11 is 0. The summed E-state index contributed by atoms with van der Waals surface area (Å²) < 4.78 is 0. The fraction of sp³-hybridized carbons (Fsp3) is 0.857. The van der Waals surface area contributed by atoms with E-state index < -0.39 is 5.41 Å². The molecule has 0 saturated carbocycles. The molecule has 1 aliphatic rings. The number of piperazine rings is 1. The van der Waals surface area contributed by atoms with Gasteiger partial charge in [-0.15, -0.1) is 0 Å². The average Bonchev–Trinajstić information content (AvgIpc) is 2.44. The highest BCUT2D eigenvalue weighted by atomic mass is 16.2. The molecule has 1 heterocycles. The van der Waals surface area contributed by atoms with Gasteiger partial charge in [-0.1, -0.05) is 13.8 Å². The molecule has 0 spiro atoms. The van der Waals surface area contributed by atoms with Crippen molar-refractivity contribution in [3.63, 3.8) is 0 Å². The van der Waals surface area contributed by atoms with Gasteiger partial charge in [0, 0.05) is 32.2 Å². The molecule has 0 radical (unpaired) electrons. The second kappa shape index (κ2) is 6.19. The lowest BCUT2D eigenvalue weighted by Crippen LogP contribution is -2.54. The van der Waals surface area contributed by atoms with Crippen molar-refractivity contribution in [3.05, 3.63) is 0 Å². The number of hydrogen-bond donors (Lipinski definition) is 0. The SMILES string of the molecule is CCC(C)N1CCN(C(=O)C(C)(C#N)CC)CC1. The molecule has 0 aromatic carbocycles. The van der Waals surface area contributed by atoms with E-state index in [4.69, 9.17) is 5.26 Å². The fourth-order valence-electron chi connectivity index (χ4n) is 2.25. The Kier molecular flexibility index (Phi) is 5.15. The topological polar surface area (TPSA) is 47.3 Å². The van der Waals surface area contributed by atoms with Crippen LogP contribution in [-0.4, -0.2) is 47.9 Å². The monoisotopic (exact) mass is 251 g/mol. The molecule has 1 rings (SSSR count). The van der Waals surface area contributed by atoms with Crippen molar-refractivity contribution < 1.29 is 4.79 Å². The highest BCUT2D eigenvalue weighted by molar-refractivity contribution is 5.85. The van der Waals surface area contributed by atoms with Gasteiger partial charge in [0.25, 0.3) is 0 Å². The Bertz CT molecular complexity index is 328. The first kappa shape index (κ1) is 15.0. The number of rotatable bonds is 4. The zero-order chi connectivity index (χ0) is 13.8. The van der Waals surface area contributed by atoms with Crippen LogP contribution in [0.5, 0.6) is 0 Å². The van der Waals surface area contributed by atoms with Gasteiger partial charge in [0.2, 0.25) is 5.91 Å². The van der Waals surface area contributed by atoms with Gasteiger partial charge in [0.15, 0.2) is 0 Å². The van der Waals surface area contributed by atoms with E-state index in [9.17, 15) is 4.79 Å². The molecule has 4 nitrogen and oxygen atoms in total. The highest BCUT2D eigenvalue weighted by Gasteiger charge is 2.36. The van der Waals surface area contributed by atoms with Crippen molar-refractivity contribution in [2.45, 2.75) is 46.6 Å². The second-order valence-electron chi connectivity index (χ2n) is 5.38. The Labute approximate surface area is 111 Å². The van der Waals surface area contributed by atoms with Gasteiger partial charge in [0.05, 0.1) is 6.07 Å². The molecular formula is C14H25N3O. The van der Waals surface area contributed by atoms with Crippen molar-refractivity contribution in [2.75, 3.05) is 26.2 Å². The van der Waals surface area contributed by atoms with Crippen LogP contribution in [0.1, 0.15) is 40.5 Å². The number of hydrogen-bond acceptors (Lipinski definition) is 3. The summed E-state index contributed by atoms with van der Waals surface area (Å²) in [6.07, 6.45) is 1.72. The summed E-state index contributed by atoms with van der Waals surface area (Å²) in [4.78, 5) is 16.6. The minimum absolute atomic E-state index is 0.00342. The number of nitriles is 1. The molecule has 1 fully saturated rings. The Hall–Kier alpha value is -1.08. The molecule has 2 atom stereocenters. The van der Waals surface area contributed by atoms with Crippen LogP contribution in [0.3, 0.4) is 0 Å². The van der Waals surface area contributed by atoms with Crippen LogP contribution < -0.4 is 0 Å². The minimum Gasteiger partial charge on any atom is -0.339 e. The Balaban J connectivity index is 2.58. The van der Waals surface area contributed by atoms with E-state index in [0.717, 1.165) is 32.6 Å². The van der Waals surface area contributed by atoms with Crippen LogP contribution in [0, 0.1) is 16.7 Å². The molecule has 18 heavy (non-hydrogen) atoms. The second-order valence-corrected chi connectivity index (χ2v) is 5.38. The summed E-state index contributed by atoms with van der Waals surface area (Å²) in [7, 11) is 0. The molecule has 102 valence electrons. The van der Waals surface area contributed by atoms with E-state index in [0.29, 0.717) is 12.5 Å². The van der Waals surface area contributed by atoms with Crippen molar-refractivity contribution in [1.29, 1.82) is 5.26 Å². The maximum atomic E-state index is 12.3. The summed E-state index contributed by atoms with van der Waals surface area (Å²) in [5, 5.41) is 9.16. The molecule has 1 saturated heterocycles. The van der Waals surface area contributed by atoms with Crippen LogP contribution in [0.15, 0.2) is 0 Å². The number of nitrogens with zero attached hydrogens (tertiary/aromatic N) is 3.